The van der Waals surface area contributed by atoms with E-state index in [0.717, 1.165) is 0 Å². The second-order valence-electron chi connectivity index (χ2n) is 5.76. The summed E-state index contributed by atoms with van der Waals surface area (Å²) in [4.78, 5) is 29.4. The molecule has 0 bridgehead atoms. The summed E-state index contributed by atoms with van der Waals surface area (Å²) in [5.74, 6) is -0.501. The topological polar surface area (TPSA) is 85.1 Å². The van der Waals surface area contributed by atoms with Gasteiger partial charge in [0, 0.05) is 11.1 Å². The van der Waals surface area contributed by atoms with Crippen molar-refractivity contribution in [3.63, 3.8) is 0 Å². The van der Waals surface area contributed by atoms with E-state index in [4.69, 9.17) is 4.52 Å². The minimum Gasteiger partial charge on any atom is -0.340 e. The Kier molecular flexibility index (Phi) is 4.88. The molecule has 1 N–H and O–H groups in total. The van der Waals surface area contributed by atoms with E-state index in [1.165, 1.54) is 24.3 Å². The number of benzene rings is 2. The quantitative estimate of drug-likeness (QED) is 0.712. The summed E-state index contributed by atoms with van der Waals surface area (Å²) in [5.41, 5.74) is 0.739. The molecule has 0 fully saturated rings. The molecule has 3 rings (SSSR count). The normalized spacial score (nSPS) is 11.8. The van der Waals surface area contributed by atoms with Crippen LogP contribution in [0, 0.1) is 12.7 Å². The molecule has 0 aliphatic rings. The molecule has 0 saturated carbocycles. The molecule has 7 heteroatoms. The summed E-state index contributed by atoms with van der Waals surface area (Å²) in [6.45, 7) is 3.38. The molecule has 1 aromatic heterocycles. The van der Waals surface area contributed by atoms with Crippen LogP contribution in [-0.4, -0.2) is 21.8 Å². The highest BCUT2D eigenvalue weighted by atomic mass is 19.1. The van der Waals surface area contributed by atoms with Crippen molar-refractivity contribution in [2.24, 2.45) is 0 Å². The van der Waals surface area contributed by atoms with Gasteiger partial charge in [0.25, 0.3) is 5.91 Å². The van der Waals surface area contributed by atoms with E-state index in [1.54, 1.807) is 38.1 Å². The standard InChI is InChI=1S/C19H16FN3O3/c1-11(19-22-12(2)23-26-19)21-18(25)16-6-4-3-5-15(16)17(24)13-7-9-14(20)10-8-13/h3-11H,1-2H3,(H,21,25)/t11-/m1/s1. The van der Waals surface area contributed by atoms with Crippen LogP contribution in [0.3, 0.4) is 0 Å². The van der Waals surface area contributed by atoms with Crippen LogP contribution in [0.15, 0.2) is 53.1 Å². The first-order valence-electron chi connectivity index (χ1n) is 7.96. The van der Waals surface area contributed by atoms with Crippen molar-refractivity contribution in [3.8, 4) is 0 Å². The predicted octanol–water partition coefficient (Wildman–Crippen LogP) is 3.24. The fourth-order valence-electron chi connectivity index (χ4n) is 2.46. The number of nitrogens with one attached hydrogen (secondary N) is 1. The summed E-state index contributed by atoms with van der Waals surface area (Å²) < 4.78 is 18.1. The Hall–Kier alpha value is -3.35. The Bertz CT molecular complexity index is 951. The van der Waals surface area contributed by atoms with Gasteiger partial charge in [0.2, 0.25) is 5.89 Å². The first kappa shape index (κ1) is 17.5. The number of rotatable bonds is 5. The molecule has 1 heterocycles. The number of hydrogen-bond donors (Lipinski definition) is 1. The van der Waals surface area contributed by atoms with Crippen molar-refractivity contribution in [2.45, 2.75) is 19.9 Å². The van der Waals surface area contributed by atoms with Crippen LogP contribution < -0.4 is 5.32 Å². The van der Waals surface area contributed by atoms with E-state index >= 15 is 0 Å². The first-order valence-corrected chi connectivity index (χ1v) is 7.96. The largest absolute Gasteiger partial charge is 0.340 e. The molecular formula is C19H16FN3O3. The molecule has 0 unspecified atom stereocenters. The van der Waals surface area contributed by atoms with Gasteiger partial charge in [-0.25, -0.2) is 4.39 Å². The van der Waals surface area contributed by atoms with Gasteiger partial charge in [-0.1, -0.05) is 23.4 Å². The summed E-state index contributed by atoms with van der Waals surface area (Å²) in [5, 5.41) is 6.42. The Morgan fingerprint density at radius 1 is 1.08 bits per heavy atom. The van der Waals surface area contributed by atoms with Crippen molar-refractivity contribution >= 4 is 11.7 Å². The minimum absolute atomic E-state index is 0.213. The molecule has 1 atom stereocenters. The van der Waals surface area contributed by atoms with Crippen LogP contribution in [0.1, 0.15) is 51.0 Å². The van der Waals surface area contributed by atoms with E-state index in [1.807, 2.05) is 0 Å². The van der Waals surface area contributed by atoms with Crippen LogP contribution in [0.2, 0.25) is 0 Å². The monoisotopic (exact) mass is 353 g/mol. The fraction of sp³-hybridized carbons (Fsp3) is 0.158. The molecule has 0 aliphatic carbocycles. The summed E-state index contributed by atoms with van der Waals surface area (Å²) >= 11 is 0. The van der Waals surface area contributed by atoms with Gasteiger partial charge < -0.3 is 9.84 Å². The zero-order valence-corrected chi connectivity index (χ0v) is 14.2. The molecule has 2 aromatic carbocycles. The molecule has 132 valence electrons. The molecule has 0 aliphatic heterocycles. The maximum atomic E-state index is 13.1. The third kappa shape index (κ3) is 3.66. The number of aromatic nitrogens is 2. The molecule has 0 spiro atoms. The molecule has 1 amide bonds. The van der Waals surface area contributed by atoms with Gasteiger partial charge in [-0.05, 0) is 44.2 Å². The zero-order valence-electron chi connectivity index (χ0n) is 14.2. The number of amides is 1. The first-order chi connectivity index (χ1) is 12.5. The van der Waals surface area contributed by atoms with E-state index < -0.39 is 17.8 Å². The third-order valence-electron chi connectivity index (χ3n) is 3.78. The highest BCUT2D eigenvalue weighted by molar-refractivity contribution is 6.15. The minimum atomic E-state index is -0.516. The maximum Gasteiger partial charge on any atom is 0.252 e. The van der Waals surface area contributed by atoms with Crippen molar-refractivity contribution in [1.29, 1.82) is 0 Å². The van der Waals surface area contributed by atoms with Crippen LogP contribution in [-0.2, 0) is 0 Å². The number of carbonyl (C=O) groups excluding carboxylic acids is 2. The van der Waals surface area contributed by atoms with Crippen LogP contribution in [0.25, 0.3) is 0 Å². The van der Waals surface area contributed by atoms with Gasteiger partial charge in [0.1, 0.15) is 11.9 Å². The van der Waals surface area contributed by atoms with Gasteiger partial charge >= 0.3 is 0 Å². The molecular weight excluding hydrogens is 337 g/mol. The SMILES string of the molecule is Cc1noc([C@@H](C)NC(=O)c2ccccc2C(=O)c2ccc(F)cc2)n1. The Morgan fingerprint density at radius 3 is 2.35 bits per heavy atom. The predicted molar refractivity (Wildman–Crippen MR) is 91.2 cm³/mol. The summed E-state index contributed by atoms with van der Waals surface area (Å²) in [6.07, 6.45) is 0. The van der Waals surface area contributed by atoms with Crippen LogP contribution in [0.4, 0.5) is 4.39 Å². The Balaban J connectivity index is 1.85. The van der Waals surface area contributed by atoms with E-state index in [9.17, 15) is 14.0 Å². The lowest BCUT2D eigenvalue weighted by atomic mass is 9.97. The van der Waals surface area contributed by atoms with Crippen molar-refractivity contribution < 1.29 is 18.5 Å². The van der Waals surface area contributed by atoms with E-state index in [0.29, 0.717) is 11.4 Å². The number of aryl methyl sites for hydroxylation is 1. The Labute approximate surface area is 149 Å². The summed E-state index contributed by atoms with van der Waals surface area (Å²) in [6, 6.07) is 11.1. The molecule has 0 radical (unpaired) electrons. The van der Waals surface area contributed by atoms with Gasteiger partial charge in [-0.3, -0.25) is 9.59 Å². The highest BCUT2D eigenvalue weighted by Crippen LogP contribution is 2.17. The molecule has 26 heavy (non-hydrogen) atoms. The van der Waals surface area contributed by atoms with E-state index in [-0.39, 0.29) is 22.8 Å². The molecule has 0 saturated heterocycles. The second-order valence-corrected chi connectivity index (χ2v) is 5.76. The van der Waals surface area contributed by atoms with Crippen molar-refractivity contribution in [1.82, 2.24) is 15.5 Å². The third-order valence-corrected chi connectivity index (χ3v) is 3.78. The lowest BCUT2D eigenvalue weighted by molar-refractivity contribution is 0.0923. The van der Waals surface area contributed by atoms with Crippen molar-refractivity contribution in [3.05, 3.63) is 82.8 Å². The molecule has 3 aromatic rings. The zero-order chi connectivity index (χ0) is 18.7. The van der Waals surface area contributed by atoms with E-state index in [2.05, 4.69) is 15.5 Å². The van der Waals surface area contributed by atoms with Gasteiger partial charge in [-0.2, -0.15) is 4.98 Å². The van der Waals surface area contributed by atoms with Crippen LogP contribution >= 0.6 is 0 Å². The lowest BCUT2D eigenvalue weighted by Crippen LogP contribution is -2.28. The molecule has 6 nitrogen and oxygen atoms in total. The lowest BCUT2D eigenvalue weighted by Gasteiger charge is -2.12. The average Bonchev–Trinajstić information content (AvgIpc) is 3.08. The van der Waals surface area contributed by atoms with Crippen LogP contribution in [0.5, 0.6) is 0 Å². The number of halogens is 1. The highest BCUT2D eigenvalue weighted by Gasteiger charge is 2.21. The smallest absolute Gasteiger partial charge is 0.252 e. The Morgan fingerprint density at radius 2 is 1.73 bits per heavy atom. The number of ketones is 1. The maximum absolute atomic E-state index is 13.1. The number of carbonyl (C=O) groups is 2. The number of hydrogen-bond acceptors (Lipinski definition) is 5. The van der Waals surface area contributed by atoms with Gasteiger partial charge in [0.15, 0.2) is 11.6 Å². The van der Waals surface area contributed by atoms with Gasteiger partial charge in [0.05, 0.1) is 5.56 Å². The van der Waals surface area contributed by atoms with Gasteiger partial charge in [-0.15, -0.1) is 0 Å². The van der Waals surface area contributed by atoms with Crippen molar-refractivity contribution in [2.75, 3.05) is 0 Å². The summed E-state index contributed by atoms with van der Waals surface area (Å²) in [7, 11) is 0. The average molecular weight is 353 g/mol. The fourth-order valence-corrected chi connectivity index (χ4v) is 2.46. The second kappa shape index (κ2) is 7.26. The number of nitrogens with zero attached hydrogens (tertiary/aromatic N) is 2.